The number of hydrogen-bond acceptors (Lipinski definition) is 4. The van der Waals surface area contributed by atoms with Gasteiger partial charge in [0.2, 0.25) is 0 Å². The second kappa shape index (κ2) is 4.23. The Balaban J connectivity index is 3.70. The predicted octanol–water partition coefficient (Wildman–Crippen LogP) is -2.82. The van der Waals surface area contributed by atoms with Gasteiger partial charge in [-0.2, -0.15) is 0 Å². The third-order valence-electron chi connectivity index (χ3n) is 0.737. The molecule has 0 aliphatic heterocycles. The highest BCUT2D eigenvalue weighted by atomic mass is 16.4. The van der Waals surface area contributed by atoms with Gasteiger partial charge in [-0.1, -0.05) is 0 Å². The summed E-state index contributed by atoms with van der Waals surface area (Å²) in [4.78, 5) is 30.5. The highest BCUT2D eigenvalue weighted by Gasteiger charge is 2.11. The minimum atomic E-state index is -1.23. The first-order chi connectivity index (χ1) is 5.07. The third-order valence-corrected chi connectivity index (χ3v) is 0.737. The second-order valence-electron chi connectivity index (χ2n) is 1.55. The van der Waals surface area contributed by atoms with Crippen LogP contribution < -0.4 is 16.6 Å². The first kappa shape index (κ1) is 9.37. The van der Waals surface area contributed by atoms with E-state index in [0.717, 1.165) is 0 Å². The molecule has 2 amide bonds. The topological polar surface area (TPSA) is 122 Å². The molecule has 5 N–H and O–H groups in total. The summed E-state index contributed by atoms with van der Waals surface area (Å²) in [5, 5.41) is 9.84. The first-order valence-electron chi connectivity index (χ1n) is 2.58. The molecular weight excluding hydrogens is 154 g/mol. The van der Waals surface area contributed by atoms with Crippen molar-refractivity contribution < 1.29 is 19.5 Å². The Morgan fingerprint density at radius 3 is 2.18 bits per heavy atom. The summed E-state index contributed by atoms with van der Waals surface area (Å²) in [6.45, 7) is -0.605. The highest BCUT2D eigenvalue weighted by Crippen LogP contribution is 1.65. The number of carbonyl (C=O) groups excluding carboxylic acids is 2. The van der Waals surface area contributed by atoms with Crippen LogP contribution in [-0.2, 0) is 14.4 Å². The van der Waals surface area contributed by atoms with Crippen molar-refractivity contribution in [3.8, 4) is 0 Å². The van der Waals surface area contributed by atoms with E-state index in [1.54, 1.807) is 10.7 Å². The van der Waals surface area contributed by atoms with E-state index in [-0.39, 0.29) is 0 Å². The number of carboxylic acid groups (broad SMARTS) is 1. The summed E-state index contributed by atoms with van der Waals surface area (Å²) in [7, 11) is 0. The number of aliphatic carboxylic acids is 1. The molecule has 0 aromatic rings. The number of carboxylic acids is 1. The van der Waals surface area contributed by atoms with E-state index in [1.165, 1.54) is 0 Å². The second-order valence-corrected chi connectivity index (χ2v) is 1.55. The van der Waals surface area contributed by atoms with Crippen molar-refractivity contribution >= 4 is 17.8 Å². The minimum Gasteiger partial charge on any atom is -0.480 e. The van der Waals surface area contributed by atoms with Crippen LogP contribution in [0.1, 0.15) is 0 Å². The maximum absolute atomic E-state index is 10.4. The molecule has 0 saturated carbocycles. The van der Waals surface area contributed by atoms with Gasteiger partial charge in [0.25, 0.3) is 0 Å². The Morgan fingerprint density at radius 2 is 1.82 bits per heavy atom. The van der Waals surface area contributed by atoms with E-state index in [2.05, 4.69) is 5.84 Å². The molecule has 0 spiro atoms. The Morgan fingerprint density at radius 1 is 1.27 bits per heavy atom. The first-order valence-corrected chi connectivity index (χ1v) is 2.58. The zero-order valence-corrected chi connectivity index (χ0v) is 5.46. The van der Waals surface area contributed by atoms with Gasteiger partial charge in [-0.3, -0.25) is 19.8 Å². The van der Waals surface area contributed by atoms with Gasteiger partial charge in [0, 0.05) is 0 Å². The van der Waals surface area contributed by atoms with E-state index in [4.69, 9.17) is 5.11 Å². The van der Waals surface area contributed by atoms with Crippen LogP contribution in [0.5, 0.6) is 0 Å². The van der Waals surface area contributed by atoms with Crippen molar-refractivity contribution in [2.45, 2.75) is 0 Å². The van der Waals surface area contributed by atoms with Crippen molar-refractivity contribution in [2.75, 3.05) is 6.54 Å². The molecule has 0 fully saturated rings. The molecule has 0 aromatic heterocycles. The summed E-state index contributed by atoms with van der Waals surface area (Å²) in [5.74, 6) is 1.19. The third kappa shape index (κ3) is 3.87. The van der Waals surface area contributed by atoms with Crippen LogP contribution in [0.2, 0.25) is 0 Å². The quantitative estimate of drug-likeness (QED) is 0.150. The van der Waals surface area contributed by atoms with Crippen LogP contribution in [0, 0.1) is 0 Å². The van der Waals surface area contributed by atoms with Crippen LogP contribution in [0.4, 0.5) is 0 Å². The number of hydrogen-bond donors (Lipinski definition) is 4. The Bertz CT molecular complexity index is 190. The van der Waals surface area contributed by atoms with Gasteiger partial charge in [-0.25, -0.2) is 5.84 Å². The largest absolute Gasteiger partial charge is 0.480 e. The number of carbonyl (C=O) groups is 3. The molecule has 0 atom stereocenters. The van der Waals surface area contributed by atoms with Crippen molar-refractivity contribution in [1.29, 1.82) is 0 Å². The van der Waals surface area contributed by atoms with Gasteiger partial charge in [-0.05, 0) is 0 Å². The van der Waals surface area contributed by atoms with E-state index >= 15 is 0 Å². The molecule has 0 aliphatic rings. The molecule has 0 radical (unpaired) electrons. The molecule has 0 bridgehead atoms. The number of rotatable bonds is 2. The van der Waals surface area contributed by atoms with Crippen LogP contribution in [0.25, 0.3) is 0 Å². The summed E-state index contributed by atoms with van der Waals surface area (Å²) in [6.07, 6.45) is 0. The SMILES string of the molecule is NNC(=O)C(=O)NCC(=O)O. The molecule has 0 heterocycles. The number of amides is 2. The van der Waals surface area contributed by atoms with E-state index in [0.29, 0.717) is 0 Å². The van der Waals surface area contributed by atoms with Crippen molar-refractivity contribution in [2.24, 2.45) is 5.84 Å². The Labute approximate surface area is 61.5 Å². The average Bonchev–Trinajstić information content (AvgIpc) is 1.98. The number of nitrogens with two attached hydrogens (primary N) is 1. The molecular formula is C4H7N3O4. The van der Waals surface area contributed by atoms with Gasteiger partial charge < -0.3 is 10.4 Å². The van der Waals surface area contributed by atoms with Gasteiger partial charge in [0.05, 0.1) is 0 Å². The van der Waals surface area contributed by atoms with Crippen LogP contribution in [0.3, 0.4) is 0 Å². The fourth-order valence-electron chi connectivity index (χ4n) is 0.302. The van der Waals surface area contributed by atoms with E-state index in [1.807, 2.05) is 0 Å². The Kier molecular flexibility index (Phi) is 3.60. The van der Waals surface area contributed by atoms with Crippen LogP contribution >= 0.6 is 0 Å². The molecule has 0 rings (SSSR count). The molecule has 0 unspecified atom stereocenters. The lowest BCUT2D eigenvalue weighted by atomic mass is 10.5. The number of hydrazine groups is 1. The molecule has 7 heteroatoms. The van der Waals surface area contributed by atoms with Crippen LogP contribution in [-0.4, -0.2) is 29.4 Å². The molecule has 0 aromatic carbocycles. The highest BCUT2D eigenvalue weighted by molar-refractivity contribution is 6.35. The number of nitrogens with one attached hydrogen (secondary N) is 2. The van der Waals surface area contributed by atoms with Gasteiger partial charge in [0.15, 0.2) is 0 Å². The van der Waals surface area contributed by atoms with Crippen molar-refractivity contribution in [3.63, 3.8) is 0 Å². The van der Waals surface area contributed by atoms with Gasteiger partial charge in [-0.15, -0.1) is 0 Å². The van der Waals surface area contributed by atoms with Gasteiger partial charge >= 0.3 is 17.8 Å². The zero-order chi connectivity index (χ0) is 8.85. The fraction of sp³-hybridized carbons (Fsp3) is 0.250. The van der Waals surface area contributed by atoms with E-state index in [9.17, 15) is 14.4 Å². The summed E-state index contributed by atoms with van der Waals surface area (Å²) < 4.78 is 0. The molecule has 0 aliphatic carbocycles. The smallest absolute Gasteiger partial charge is 0.323 e. The maximum Gasteiger partial charge on any atom is 0.323 e. The van der Waals surface area contributed by atoms with Crippen molar-refractivity contribution in [3.05, 3.63) is 0 Å². The van der Waals surface area contributed by atoms with E-state index < -0.39 is 24.3 Å². The average molecular weight is 161 g/mol. The molecule has 7 nitrogen and oxygen atoms in total. The van der Waals surface area contributed by atoms with Crippen molar-refractivity contribution in [1.82, 2.24) is 10.7 Å². The summed E-state index contributed by atoms with van der Waals surface area (Å²) in [6, 6.07) is 0. The molecule has 0 saturated heterocycles. The van der Waals surface area contributed by atoms with Crippen LogP contribution in [0.15, 0.2) is 0 Å². The fourth-order valence-corrected chi connectivity index (χ4v) is 0.302. The standard InChI is InChI=1S/C4H7N3O4/c5-7-4(11)3(10)6-1-2(8)9/h1,5H2,(H,6,10)(H,7,11)(H,8,9). The lowest BCUT2D eigenvalue weighted by Crippen LogP contribution is -2.44. The maximum atomic E-state index is 10.4. The monoisotopic (exact) mass is 161 g/mol. The molecule has 11 heavy (non-hydrogen) atoms. The predicted molar refractivity (Wildman–Crippen MR) is 33.0 cm³/mol. The lowest BCUT2D eigenvalue weighted by Gasteiger charge is -1.98. The normalized spacial score (nSPS) is 8.45. The Hall–Kier alpha value is -1.63. The molecule has 62 valence electrons. The summed E-state index contributed by atoms with van der Waals surface area (Å²) >= 11 is 0. The zero-order valence-electron chi connectivity index (χ0n) is 5.46. The lowest BCUT2D eigenvalue weighted by molar-refractivity contribution is -0.142. The summed E-state index contributed by atoms with van der Waals surface area (Å²) in [5.41, 5.74) is 1.54. The minimum absolute atomic E-state index is 0.605. The van der Waals surface area contributed by atoms with Gasteiger partial charge in [0.1, 0.15) is 6.54 Å².